The molecule has 0 aliphatic carbocycles. The van der Waals surface area contributed by atoms with Crippen LogP contribution < -0.4 is 10.9 Å². The number of nitrogens with one attached hydrogen (secondary N) is 1. The molecule has 1 N–H and O–H groups in total. The van der Waals surface area contributed by atoms with E-state index in [1.165, 1.54) is 0 Å². The topological polar surface area (TPSA) is 77.1 Å². The summed E-state index contributed by atoms with van der Waals surface area (Å²) in [4.78, 5) is 29.9. The second-order valence-corrected chi connectivity index (χ2v) is 6.76. The maximum atomic E-state index is 13.1. The van der Waals surface area contributed by atoms with Gasteiger partial charge in [-0.25, -0.2) is 0 Å². The van der Waals surface area contributed by atoms with Gasteiger partial charge in [-0.3, -0.25) is 14.6 Å². The number of aryl methyl sites for hydroxylation is 1. The number of carbonyl (C=O) groups excluding carboxylic acids is 1. The molecular formula is C21H21N3O3. The van der Waals surface area contributed by atoms with Crippen molar-refractivity contribution in [3.63, 3.8) is 0 Å². The minimum absolute atomic E-state index is 0.0678. The largest absolute Gasteiger partial charge is 0.465 e. The summed E-state index contributed by atoms with van der Waals surface area (Å²) >= 11 is 0. The van der Waals surface area contributed by atoms with Crippen molar-refractivity contribution >= 4 is 5.91 Å². The number of fused-ring (bicyclic) bond motifs is 1. The van der Waals surface area contributed by atoms with Crippen molar-refractivity contribution in [3.05, 3.63) is 75.9 Å². The molecule has 138 valence electrons. The quantitative estimate of drug-likeness (QED) is 0.773. The number of pyridine rings is 2. The van der Waals surface area contributed by atoms with E-state index in [2.05, 4.69) is 10.3 Å². The molecule has 3 aromatic heterocycles. The fourth-order valence-electron chi connectivity index (χ4n) is 3.60. The monoisotopic (exact) mass is 363 g/mol. The molecule has 0 bridgehead atoms. The normalized spacial score (nSPS) is 13.2. The first-order chi connectivity index (χ1) is 13.1. The Balaban J connectivity index is 1.77. The lowest BCUT2D eigenvalue weighted by molar-refractivity contribution is 0.0946. The first-order valence-corrected chi connectivity index (χ1v) is 9.14. The van der Waals surface area contributed by atoms with E-state index in [4.69, 9.17) is 4.42 Å². The Bertz CT molecular complexity index is 1030. The van der Waals surface area contributed by atoms with E-state index >= 15 is 0 Å². The van der Waals surface area contributed by atoms with Crippen molar-refractivity contribution < 1.29 is 9.21 Å². The third-order valence-corrected chi connectivity index (χ3v) is 4.88. The predicted molar refractivity (Wildman–Crippen MR) is 101 cm³/mol. The van der Waals surface area contributed by atoms with E-state index in [1.54, 1.807) is 29.1 Å². The van der Waals surface area contributed by atoms with Crippen LogP contribution in [-0.4, -0.2) is 15.5 Å². The average Bonchev–Trinajstić information content (AvgIpc) is 3.12. The third-order valence-electron chi connectivity index (χ3n) is 4.88. The van der Waals surface area contributed by atoms with Crippen molar-refractivity contribution in [1.82, 2.24) is 14.9 Å². The Morgan fingerprint density at radius 1 is 1.30 bits per heavy atom. The minimum Gasteiger partial charge on any atom is -0.465 e. The van der Waals surface area contributed by atoms with Crippen LogP contribution in [-0.2, 0) is 19.5 Å². The summed E-state index contributed by atoms with van der Waals surface area (Å²) < 4.78 is 7.27. The van der Waals surface area contributed by atoms with Crippen molar-refractivity contribution in [2.45, 2.75) is 39.3 Å². The molecule has 3 aromatic rings. The average molecular weight is 363 g/mol. The molecular weight excluding hydrogens is 342 g/mol. The van der Waals surface area contributed by atoms with Crippen LogP contribution in [0.4, 0.5) is 0 Å². The summed E-state index contributed by atoms with van der Waals surface area (Å²) in [6, 6.07) is 8.95. The maximum absolute atomic E-state index is 13.1. The summed E-state index contributed by atoms with van der Waals surface area (Å²) in [7, 11) is 0. The van der Waals surface area contributed by atoms with Gasteiger partial charge in [-0.05, 0) is 44.4 Å². The molecule has 1 aliphatic rings. The van der Waals surface area contributed by atoms with Gasteiger partial charge in [0.1, 0.15) is 11.5 Å². The minimum atomic E-state index is -0.200. The predicted octanol–water partition coefficient (Wildman–Crippen LogP) is 3.08. The molecule has 0 fully saturated rings. The number of rotatable bonds is 4. The van der Waals surface area contributed by atoms with Gasteiger partial charge in [-0.15, -0.1) is 0 Å². The second-order valence-electron chi connectivity index (χ2n) is 6.76. The van der Waals surface area contributed by atoms with Crippen LogP contribution in [0.1, 0.15) is 40.4 Å². The number of furan rings is 1. The Morgan fingerprint density at radius 2 is 2.19 bits per heavy atom. The summed E-state index contributed by atoms with van der Waals surface area (Å²) in [5.41, 5.74) is 2.70. The van der Waals surface area contributed by atoms with Gasteiger partial charge in [-0.1, -0.05) is 6.07 Å². The lowest BCUT2D eigenvalue weighted by Gasteiger charge is -2.23. The molecule has 0 atom stereocenters. The first kappa shape index (κ1) is 17.3. The fraction of sp³-hybridized carbons (Fsp3) is 0.286. The number of hydrogen-bond donors (Lipinski definition) is 1. The highest BCUT2D eigenvalue weighted by Gasteiger charge is 2.24. The number of hydrogen-bond acceptors (Lipinski definition) is 4. The Hall–Kier alpha value is -3.15. The van der Waals surface area contributed by atoms with Crippen molar-refractivity contribution in [1.29, 1.82) is 0 Å². The van der Waals surface area contributed by atoms with E-state index in [1.807, 2.05) is 25.1 Å². The van der Waals surface area contributed by atoms with Gasteiger partial charge < -0.3 is 14.3 Å². The van der Waals surface area contributed by atoms with Gasteiger partial charge in [0.2, 0.25) is 0 Å². The standard InChI is InChI=1S/C21H21N3O3/c1-14-7-8-16(27-14)13-23-21(26)20-17(15-5-4-9-22-12-15)11-19(25)24-10-3-2-6-18(20)24/h4-5,7-9,11-12H,2-3,6,10,13H2,1H3,(H,23,26). The second kappa shape index (κ2) is 7.23. The molecule has 4 rings (SSSR count). The van der Waals surface area contributed by atoms with Crippen molar-refractivity contribution in [2.24, 2.45) is 0 Å². The van der Waals surface area contributed by atoms with E-state index in [0.717, 1.165) is 29.9 Å². The number of nitrogens with zero attached hydrogens (tertiary/aromatic N) is 2. The highest BCUT2D eigenvalue weighted by molar-refractivity contribution is 6.01. The molecule has 0 radical (unpaired) electrons. The van der Waals surface area contributed by atoms with E-state index in [-0.39, 0.29) is 11.5 Å². The number of carbonyl (C=O) groups is 1. The lowest BCUT2D eigenvalue weighted by Crippen LogP contribution is -2.33. The van der Waals surface area contributed by atoms with Gasteiger partial charge in [0, 0.05) is 41.8 Å². The molecule has 27 heavy (non-hydrogen) atoms. The van der Waals surface area contributed by atoms with E-state index in [9.17, 15) is 9.59 Å². The first-order valence-electron chi connectivity index (χ1n) is 9.14. The zero-order chi connectivity index (χ0) is 18.8. The highest BCUT2D eigenvalue weighted by atomic mass is 16.3. The van der Waals surface area contributed by atoms with Crippen molar-refractivity contribution in [2.75, 3.05) is 0 Å². The molecule has 6 nitrogen and oxygen atoms in total. The number of amides is 1. The fourth-order valence-corrected chi connectivity index (χ4v) is 3.60. The molecule has 0 spiro atoms. The van der Waals surface area contributed by atoms with Crippen LogP contribution in [0.2, 0.25) is 0 Å². The van der Waals surface area contributed by atoms with Crippen LogP contribution in [0, 0.1) is 6.92 Å². The van der Waals surface area contributed by atoms with E-state index in [0.29, 0.717) is 36.4 Å². The summed E-state index contributed by atoms with van der Waals surface area (Å²) in [5, 5.41) is 2.94. The third kappa shape index (κ3) is 3.43. The smallest absolute Gasteiger partial charge is 0.254 e. The number of aromatic nitrogens is 2. The Labute approximate surface area is 156 Å². The van der Waals surface area contributed by atoms with Gasteiger partial charge in [0.25, 0.3) is 11.5 Å². The lowest BCUT2D eigenvalue weighted by atomic mass is 9.95. The maximum Gasteiger partial charge on any atom is 0.254 e. The molecule has 1 aliphatic heterocycles. The van der Waals surface area contributed by atoms with Crippen LogP contribution in [0.5, 0.6) is 0 Å². The zero-order valence-corrected chi connectivity index (χ0v) is 15.2. The van der Waals surface area contributed by atoms with Crippen LogP contribution >= 0.6 is 0 Å². The van der Waals surface area contributed by atoms with Gasteiger partial charge in [0.05, 0.1) is 12.1 Å². The molecule has 6 heteroatoms. The molecule has 0 saturated carbocycles. The van der Waals surface area contributed by atoms with Crippen molar-refractivity contribution in [3.8, 4) is 11.1 Å². The molecule has 0 saturated heterocycles. The molecule has 0 aromatic carbocycles. The van der Waals surface area contributed by atoms with Crippen LogP contribution in [0.25, 0.3) is 11.1 Å². The Morgan fingerprint density at radius 3 is 2.93 bits per heavy atom. The van der Waals surface area contributed by atoms with E-state index < -0.39 is 0 Å². The highest BCUT2D eigenvalue weighted by Crippen LogP contribution is 2.27. The van der Waals surface area contributed by atoms with Gasteiger partial charge in [-0.2, -0.15) is 0 Å². The molecule has 0 unspecified atom stereocenters. The Kier molecular flexibility index (Phi) is 4.62. The molecule has 4 heterocycles. The SMILES string of the molecule is Cc1ccc(CNC(=O)c2c(-c3cccnc3)cc(=O)n3c2CCCC3)o1. The summed E-state index contributed by atoms with van der Waals surface area (Å²) in [6.45, 7) is 2.82. The summed E-state index contributed by atoms with van der Waals surface area (Å²) in [5.74, 6) is 1.30. The zero-order valence-electron chi connectivity index (χ0n) is 15.2. The van der Waals surface area contributed by atoms with Gasteiger partial charge >= 0.3 is 0 Å². The van der Waals surface area contributed by atoms with Gasteiger partial charge in [0.15, 0.2) is 0 Å². The van der Waals surface area contributed by atoms with Crippen LogP contribution in [0.3, 0.4) is 0 Å². The molecule has 1 amide bonds. The van der Waals surface area contributed by atoms with Crippen LogP contribution in [0.15, 0.2) is 51.9 Å². The summed E-state index contributed by atoms with van der Waals surface area (Å²) in [6.07, 6.45) is 5.99.